The van der Waals surface area contributed by atoms with Gasteiger partial charge in [0, 0.05) is 13.1 Å². The van der Waals surface area contributed by atoms with E-state index in [-0.39, 0.29) is 30.4 Å². The van der Waals surface area contributed by atoms with E-state index in [1.54, 1.807) is 23.1 Å². The minimum atomic E-state index is -0.950. The van der Waals surface area contributed by atoms with E-state index in [1.807, 2.05) is 0 Å². The fraction of sp³-hybridized carbons (Fsp3) is 0.400. The van der Waals surface area contributed by atoms with E-state index in [4.69, 9.17) is 33.7 Å². The van der Waals surface area contributed by atoms with Gasteiger partial charge in [0.15, 0.2) is 17.1 Å². The second-order valence-electron chi connectivity index (χ2n) is 7.62. The lowest BCUT2D eigenvalue weighted by atomic mass is 10.0. The quantitative estimate of drug-likeness (QED) is 0.652. The first-order valence-corrected chi connectivity index (χ1v) is 10.7. The third kappa shape index (κ3) is 4.25. The van der Waals surface area contributed by atoms with Crippen molar-refractivity contribution in [2.24, 2.45) is 5.73 Å². The van der Waals surface area contributed by atoms with Crippen molar-refractivity contribution >= 4 is 40.9 Å². The van der Waals surface area contributed by atoms with Crippen LogP contribution >= 0.6 is 23.2 Å². The van der Waals surface area contributed by atoms with Gasteiger partial charge in [0.1, 0.15) is 6.54 Å². The summed E-state index contributed by atoms with van der Waals surface area (Å²) in [6, 6.07) is 4.65. The van der Waals surface area contributed by atoms with Crippen molar-refractivity contribution < 1.29 is 24.2 Å². The number of aromatic hydroxyl groups is 1. The molecule has 170 valence electrons. The number of rotatable bonds is 5. The first kappa shape index (κ1) is 22.4. The van der Waals surface area contributed by atoms with Crippen LogP contribution in [0.2, 0.25) is 10.0 Å². The van der Waals surface area contributed by atoms with Gasteiger partial charge in [-0.15, -0.1) is 0 Å². The van der Waals surface area contributed by atoms with Gasteiger partial charge in [0.05, 0.1) is 35.8 Å². The molecule has 3 N–H and O–H groups in total. The second kappa shape index (κ2) is 8.97. The van der Waals surface area contributed by atoms with Crippen LogP contribution in [0.15, 0.2) is 18.2 Å². The maximum absolute atomic E-state index is 13.3. The van der Waals surface area contributed by atoms with E-state index in [0.29, 0.717) is 42.8 Å². The van der Waals surface area contributed by atoms with E-state index in [1.165, 1.54) is 9.58 Å². The predicted octanol–water partition coefficient (Wildman–Crippen LogP) is 0.920. The van der Waals surface area contributed by atoms with Crippen molar-refractivity contribution in [2.45, 2.75) is 19.0 Å². The van der Waals surface area contributed by atoms with E-state index in [0.717, 1.165) is 5.56 Å². The lowest BCUT2D eigenvalue weighted by molar-refractivity contribution is -0.136. The van der Waals surface area contributed by atoms with Gasteiger partial charge in [-0.3, -0.25) is 19.1 Å². The number of nitrogens with two attached hydrogens (primary N) is 1. The number of amides is 3. The molecule has 1 aromatic carbocycles. The monoisotopic (exact) mass is 481 g/mol. The average Bonchev–Trinajstić information content (AvgIpc) is 3.10. The summed E-state index contributed by atoms with van der Waals surface area (Å²) >= 11 is 12.1. The molecule has 1 aromatic heterocycles. The molecule has 1 unspecified atom stereocenters. The molecule has 2 aliphatic rings. The third-order valence-corrected chi connectivity index (χ3v) is 6.31. The van der Waals surface area contributed by atoms with Gasteiger partial charge in [-0.1, -0.05) is 29.3 Å². The normalized spacial score (nSPS) is 18.6. The van der Waals surface area contributed by atoms with Gasteiger partial charge >= 0.3 is 0 Å². The molecular weight excluding hydrogens is 461 g/mol. The van der Waals surface area contributed by atoms with Gasteiger partial charge in [-0.05, 0) is 24.1 Å². The standard InChI is InChI=1S/C20H21Cl2N5O5/c21-13-2-1-11(8-14(13)22)7-12-9-27-17(18(29)16(24-27)19(23)30)20(31)26(12)10-15(28)25-3-5-32-6-4-25/h1-2,8,12,29H,3-7,9-10H2,(H2,23,30). The number of nitrogens with zero attached hydrogens (tertiary/aromatic N) is 4. The number of ether oxygens (including phenoxy) is 1. The molecule has 2 aliphatic heterocycles. The molecule has 0 spiro atoms. The highest BCUT2D eigenvalue weighted by molar-refractivity contribution is 6.42. The Bertz CT molecular complexity index is 1080. The Morgan fingerprint density at radius 3 is 2.59 bits per heavy atom. The van der Waals surface area contributed by atoms with Gasteiger partial charge in [-0.2, -0.15) is 5.10 Å². The van der Waals surface area contributed by atoms with Crippen LogP contribution in [0.4, 0.5) is 0 Å². The van der Waals surface area contributed by atoms with Crippen molar-refractivity contribution in [3.63, 3.8) is 0 Å². The zero-order valence-electron chi connectivity index (χ0n) is 17.0. The number of hydrogen-bond acceptors (Lipinski definition) is 6. The summed E-state index contributed by atoms with van der Waals surface area (Å²) in [6.45, 7) is 1.70. The lowest BCUT2D eigenvalue weighted by Crippen LogP contribution is -2.54. The zero-order valence-corrected chi connectivity index (χ0v) is 18.5. The maximum Gasteiger partial charge on any atom is 0.276 e. The number of benzene rings is 1. The van der Waals surface area contributed by atoms with Crippen molar-refractivity contribution in [2.75, 3.05) is 32.8 Å². The highest BCUT2D eigenvalue weighted by Gasteiger charge is 2.39. The molecule has 2 aromatic rings. The van der Waals surface area contributed by atoms with Crippen LogP contribution in [0.3, 0.4) is 0 Å². The number of fused-ring (bicyclic) bond motifs is 1. The molecule has 4 rings (SSSR count). The van der Waals surface area contributed by atoms with Crippen molar-refractivity contribution in [3.05, 3.63) is 45.2 Å². The SMILES string of the molecule is NC(=O)c1nn2c(c1O)C(=O)N(CC(=O)N1CCOCC1)C(Cc1ccc(Cl)c(Cl)c1)C2. The summed E-state index contributed by atoms with van der Waals surface area (Å²) in [5, 5.41) is 15.2. The summed E-state index contributed by atoms with van der Waals surface area (Å²) in [4.78, 5) is 40.9. The molecular formula is C20H21Cl2N5O5. The number of morpholine rings is 1. The van der Waals surface area contributed by atoms with Gasteiger partial charge in [0.25, 0.3) is 11.8 Å². The van der Waals surface area contributed by atoms with E-state index < -0.39 is 23.6 Å². The van der Waals surface area contributed by atoms with E-state index >= 15 is 0 Å². The molecule has 1 saturated heterocycles. The van der Waals surface area contributed by atoms with Crippen LogP contribution in [0.5, 0.6) is 5.75 Å². The summed E-state index contributed by atoms with van der Waals surface area (Å²) in [5.74, 6) is -2.38. The van der Waals surface area contributed by atoms with Crippen LogP contribution in [0.1, 0.15) is 26.5 Å². The smallest absolute Gasteiger partial charge is 0.276 e. The molecule has 3 heterocycles. The fourth-order valence-corrected chi connectivity index (χ4v) is 4.26. The third-order valence-electron chi connectivity index (χ3n) is 5.57. The minimum Gasteiger partial charge on any atom is -0.504 e. The van der Waals surface area contributed by atoms with Crippen LogP contribution in [-0.2, 0) is 22.5 Å². The highest BCUT2D eigenvalue weighted by Crippen LogP contribution is 2.30. The van der Waals surface area contributed by atoms with Crippen molar-refractivity contribution in [1.29, 1.82) is 0 Å². The Morgan fingerprint density at radius 2 is 1.94 bits per heavy atom. The first-order valence-electron chi connectivity index (χ1n) is 9.96. The Labute approximate surface area is 193 Å². The van der Waals surface area contributed by atoms with E-state index in [9.17, 15) is 19.5 Å². The van der Waals surface area contributed by atoms with E-state index in [2.05, 4.69) is 5.10 Å². The Balaban J connectivity index is 1.66. The average molecular weight is 482 g/mol. The second-order valence-corrected chi connectivity index (χ2v) is 8.44. The number of aromatic nitrogens is 2. The van der Waals surface area contributed by atoms with Crippen molar-refractivity contribution in [3.8, 4) is 5.75 Å². The summed E-state index contributed by atoms with van der Waals surface area (Å²) in [5.41, 5.74) is 5.52. The summed E-state index contributed by atoms with van der Waals surface area (Å²) in [7, 11) is 0. The molecule has 32 heavy (non-hydrogen) atoms. The molecule has 0 bridgehead atoms. The number of hydrogen-bond donors (Lipinski definition) is 2. The highest BCUT2D eigenvalue weighted by atomic mass is 35.5. The lowest BCUT2D eigenvalue weighted by Gasteiger charge is -2.37. The maximum atomic E-state index is 13.3. The number of halogens is 2. The van der Waals surface area contributed by atoms with Crippen LogP contribution in [0.25, 0.3) is 0 Å². The molecule has 0 aliphatic carbocycles. The summed E-state index contributed by atoms with van der Waals surface area (Å²) < 4.78 is 6.54. The van der Waals surface area contributed by atoms with Crippen LogP contribution in [0, 0.1) is 0 Å². The fourth-order valence-electron chi connectivity index (χ4n) is 3.94. The van der Waals surface area contributed by atoms with Gasteiger partial charge in [-0.25, -0.2) is 0 Å². The Kier molecular flexibility index (Phi) is 6.27. The zero-order chi connectivity index (χ0) is 23.0. The molecule has 1 fully saturated rings. The molecule has 10 nitrogen and oxygen atoms in total. The minimum absolute atomic E-state index is 0.151. The predicted molar refractivity (Wildman–Crippen MR) is 115 cm³/mol. The molecule has 3 amide bonds. The molecule has 0 saturated carbocycles. The number of primary amides is 1. The Morgan fingerprint density at radius 1 is 1.22 bits per heavy atom. The Hall–Kier alpha value is -2.82. The van der Waals surface area contributed by atoms with Crippen LogP contribution < -0.4 is 5.73 Å². The van der Waals surface area contributed by atoms with Gasteiger partial charge in [0.2, 0.25) is 5.91 Å². The van der Waals surface area contributed by atoms with Crippen LogP contribution in [-0.4, -0.2) is 81.3 Å². The topological polar surface area (TPSA) is 131 Å². The molecule has 0 radical (unpaired) electrons. The summed E-state index contributed by atoms with van der Waals surface area (Å²) in [6.07, 6.45) is 0.352. The number of carbonyl (C=O) groups excluding carboxylic acids is 3. The molecule has 12 heteroatoms. The number of carbonyl (C=O) groups is 3. The molecule has 1 atom stereocenters. The largest absolute Gasteiger partial charge is 0.504 e. The first-order chi connectivity index (χ1) is 15.3. The van der Waals surface area contributed by atoms with Crippen molar-refractivity contribution in [1.82, 2.24) is 19.6 Å². The van der Waals surface area contributed by atoms with Gasteiger partial charge < -0.3 is 25.4 Å².